The van der Waals surface area contributed by atoms with Gasteiger partial charge in [-0.05, 0) is 12.1 Å². The van der Waals surface area contributed by atoms with Crippen molar-refractivity contribution in [2.75, 3.05) is 26.2 Å². The number of ether oxygens (including phenoxy) is 2. The summed E-state index contributed by atoms with van der Waals surface area (Å²) in [6.07, 6.45) is 0. The van der Waals surface area contributed by atoms with Crippen LogP contribution in [0, 0.1) is 0 Å². The van der Waals surface area contributed by atoms with E-state index in [2.05, 4.69) is 0 Å². The lowest BCUT2D eigenvalue weighted by atomic mass is 10.2. The molecule has 0 saturated carbocycles. The minimum atomic E-state index is -1.03. The average Bonchev–Trinajstić information content (AvgIpc) is 2.35. The Morgan fingerprint density at radius 3 is 2.35 bits per heavy atom. The topological polar surface area (TPSA) is 81.9 Å². The molecule has 0 spiro atoms. The Hall–Kier alpha value is -2.24. The van der Waals surface area contributed by atoms with Gasteiger partial charge in [0.05, 0.1) is 19.9 Å². The predicted octanol–water partition coefficient (Wildman–Crippen LogP) is 0.152. The van der Waals surface area contributed by atoms with E-state index in [0.29, 0.717) is 17.2 Å². The molecule has 0 atom stereocenters. The first kappa shape index (κ1) is 12.8. The lowest BCUT2D eigenvalue weighted by molar-refractivity contribution is -0.135. The zero-order valence-electron chi connectivity index (χ0n) is 9.89. The average molecular weight is 238 g/mol. The molecule has 17 heavy (non-hydrogen) atoms. The van der Waals surface area contributed by atoms with Gasteiger partial charge in [-0.1, -0.05) is 0 Å². The Morgan fingerprint density at radius 2 is 1.88 bits per heavy atom. The molecular weight excluding hydrogens is 224 g/mol. The molecular formula is C11H14N2O4. The van der Waals surface area contributed by atoms with Crippen molar-refractivity contribution in [2.45, 2.75) is 0 Å². The van der Waals surface area contributed by atoms with Crippen LogP contribution in [0.1, 0.15) is 0 Å². The lowest BCUT2D eigenvalue weighted by Gasteiger charge is -2.19. The fourth-order valence-electron chi connectivity index (χ4n) is 1.33. The molecule has 0 heterocycles. The van der Waals surface area contributed by atoms with Crippen LogP contribution in [0.15, 0.2) is 18.2 Å². The van der Waals surface area contributed by atoms with Gasteiger partial charge in [-0.15, -0.1) is 0 Å². The highest BCUT2D eigenvalue weighted by atomic mass is 16.5. The number of primary amides is 1. The van der Waals surface area contributed by atoms with Gasteiger partial charge in [0.2, 0.25) is 0 Å². The van der Waals surface area contributed by atoms with Gasteiger partial charge in [0.25, 0.3) is 0 Å². The smallest absolute Gasteiger partial charge is 0.315 e. The molecule has 2 amide bonds. The second-order valence-electron chi connectivity index (χ2n) is 3.27. The zero-order valence-corrected chi connectivity index (χ0v) is 9.89. The van der Waals surface area contributed by atoms with E-state index in [0.717, 1.165) is 4.90 Å². The fourth-order valence-corrected chi connectivity index (χ4v) is 1.33. The summed E-state index contributed by atoms with van der Waals surface area (Å²) in [7, 11) is 4.40. The van der Waals surface area contributed by atoms with Gasteiger partial charge in [-0.25, -0.2) is 0 Å². The number of nitrogens with zero attached hydrogens (tertiary/aromatic N) is 1. The molecule has 0 fully saturated rings. The standard InChI is InChI=1S/C11H14N2O4/c1-13(11(15)10(12)14)8-6-7(16-2)4-5-9(8)17-3/h4-6H,1-3H3,(H2,12,14). The van der Waals surface area contributed by atoms with Crippen LogP contribution >= 0.6 is 0 Å². The van der Waals surface area contributed by atoms with Crippen molar-refractivity contribution in [1.82, 2.24) is 0 Å². The number of carbonyl (C=O) groups excluding carboxylic acids is 2. The number of amides is 2. The number of nitrogens with two attached hydrogens (primary N) is 1. The Morgan fingerprint density at radius 1 is 1.24 bits per heavy atom. The number of hydrogen-bond acceptors (Lipinski definition) is 4. The van der Waals surface area contributed by atoms with E-state index < -0.39 is 11.8 Å². The van der Waals surface area contributed by atoms with E-state index in [1.165, 1.54) is 21.3 Å². The summed E-state index contributed by atoms with van der Waals surface area (Å²) in [6.45, 7) is 0. The molecule has 0 aliphatic heterocycles. The van der Waals surface area contributed by atoms with Crippen molar-refractivity contribution in [3.05, 3.63) is 18.2 Å². The fraction of sp³-hybridized carbons (Fsp3) is 0.273. The van der Waals surface area contributed by atoms with Crippen LogP contribution in [-0.4, -0.2) is 33.1 Å². The number of benzene rings is 1. The first-order valence-corrected chi connectivity index (χ1v) is 4.80. The minimum Gasteiger partial charge on any atom is -0.497 e. The molecule has 2 N–H and O–H groups in total. The zero-order chi connectivity index (χ0) is 13.0. The highest BCUT2D eigenvalue weighted by molar-refractivity contribution is 6.39. The molecule has 0 saturated heterocycles. The van der Waals surface area contributed by atoms with Crippen molar-refractivity contribution in [3.8, 4) is 11.5 Å². The maximum absolute atomic E-state index is 11.5. The molecule has 1 aromatic rings. The molecule has 0 aromatic heterocycles. The second kappa shape index (κ2) is 5.20. The van der Waals surface area contributed by atoms with Crippen molar-refractivity contribution < 1.29 is 19.1 Å². The largest absolute Gasteiger partial charge is 0.497 e. The second-order valence-corrected chi connectivity index (χ2v) is 3.27. The van der Waals surface area contributed by atoms with E-state index in [9.17, 15) is 9.59 Å². The maximum atomic E-state index is 11.5. The highest BCUT2D eigenvalue weighted by Crippen LogP contribution is 2.31. The number of rotatable bonds is 3. The van der Waals surface area contributed by atoms with Crippen molar-refractivity contribution >= 4 is 17.5 Å². The summed E-state index contributed by atoms with van der Waals surface area (Å²) in [6, 6.07) is 4.91. The molecule has 0 unspecified atom stereocenters. The number of anilines is 1. The number of carbonyl (C=O) groups is 2. The Kier molecular flexibility index (Phi) is 3.92. The van der Waals surface area contributed by atoms with E-state index in [1.54, 1.807) is 18.2 Å². The van der Waals surface area contributed by atoms with Gasteiger partial charge >= 0.3 is 11.8 Å². The van der Waals surface area contributed by atoms with Gasteiger partial charge in [-0.3, -0.25) is 9.59 Å². The quantitative estimate of drug-likeness (QED) is 0.760. The number of methoxy groups -OCH3 is 2. The summed E-state index contributed by atoms with van der Waals surface area (Å²) < 4.78 is 10.1. The van der Waals surface area contributed by atoms with Gasteiger partial charge in [0.15, 0.2) is 0 Å². The van der Waals surface area contributed by atoms with Gasteiger partial charge in [-0.2, -0.15) is 0 Å². The van der Waals surface area contributed by atoms with Crippen LogP contribution in [0.2, 0.25) is 0 Å². The van der Waals surface area contributed by atoms with Crippen molar-refractivity contribution in [3.63, 3.8) is 0 Å². The molecule has 6 heteroatoms. The van der Waals surface area contributed by atoms with E-state index in [-0.39, 0.29) is 0 Å². The van der Waals surface area contributed by atoms with Crippen LogP contribution in [0.3, 0.4) is 0 Å². The van der Waals surface area contributed by atoms with Crippen LogP contribution in [0.4, 0.5) is 5.69 Å². The van der Waals surface area contributed by atoms with E-state index in [4.69, 9.17) is 15.2 Å². The van der Waals surface area contributed by atoms with Gasteiger partial charge < -0.3 is 20.1 Å². The normalized spacial score (nSPS) is 9.59. The van der Waals surface area contributed by atoms with Crippen LogP contribution in [-0.2, 0) is 9.59 Å². The van der Waals surface area contributed by atoms with E-state index >= 15 is 0 Å². The number of hydrogen-bond donors (Lipinski definition) is 1. The third kappa shape index (κ3) is 2.66. The summed E-state index contributed by atoms with van der Waals surface area (Å²) >= 11 is 0. The van der Waals surface area contributed by atoms with Crippen molar-refractivity contribution in [1.29, 1.82) is 0 Å². The van der Waals surface area contributed by atoms with Crippen molar-refractivity contribution in [2.24, 2.45) is 5.73 Å². The van der Waals surface area contributed by atoms with Crippen LogP contribution in [0.25, 0.3) is 0 Å². The Labute approximate surface area is 98.9 Å². The molecule has 1 rings (SSSR count). The predicted molar refractivity (Wildman–Crippen MR) is 62.2 cm³/mol. The molecule has 0 bridgehead atoms. The summed E-state index contributed by atoms with van der Waals surface area (Å²) in [4.78, 5) is 23.4. The molecule has 92 valence electrons. The highest BCUT2D eigenvalue weighted by Gasteiger charge is 2.20. The molecule has 0 aliphatic rings. The maximum Gasteiger partial charge on any atom is 0.315 e. The third-order valence-corrected chi connectivity index (χ3v) is 2.26. The molecule has 1 aromatic carbocycles. The first-order valence-electron chi connectivity index (χ1n) is 4.80. The Balaban J connectivity index is 3.18. The monoisotopic (exact) mass is 238 g/mol. The Bertz CT molecular complexity index is 445. The third-order valence-electron chi connectivity index (χ3n) is 2.26. The molecule has 0 radical (unpaired) electrons. The van der Waals surface area contributed by atoms with Crippen LogP contribution < -0.4 is 20.1 Å². The van der Waals surface area contributed by atoms with E-state index in [1.807, 2.05) is 0 Å². The van der Waals surface area contributed by atoms with Crippen LogP contribution in [0.5, 0.6) is 11.5 Å². The summed E-state index contributed by atoms with van der Waals surface area (Å²) in [5.74, 6) is -0.859. The lowest BCUT2D eigenvalue weighted by Crippen LogP contribution is -2.37. The molecule has 6 nitrogen and oxygen atoms in total. The van der Waals surface area contributed by atoms with Gasteiger partial charge in [0.1, 0.15) is 11.5 Å². The summed E-state index contributed by atoms with van der Waals surface area (Å²) in [5.41, 5.74) is 5.35. The first-order chi connectivity index (χ1) is 8.01. The molecule has 0 aliphatic carbocycles. The SMILES string of the molecule is COc1ccc(OC)c(N(C)C(=O)C(N)=O)c1. The summed E-state index contributed by atoms with van der Waals surface area (Å²) in [5, 5.41) is 0. The minimum absolute atomic E-state index is 0.413. The number of likely N-dealkylation sites (N-methyl/N-ethyl adjacent to an activating group) is 1. The van der Waals surface area contributed by atoms with Gasteiger partial charge in [0, 0.05) is 13.1 Å².